The van der Waals surface area contributed by atoms with E-state index in [-0.39, 0.29) is 18.6 Å². The summed E-state index contributed by atoms with van der Waals surface area (Å²) in [6, 6.07) is 12.7. The zero-order valence-electron chi connectivity index (χ0n) is 17.2. The molecule has 4 rings (SSSR count). The first-order valence-corrected chi connectivity index (χ1v) is 10.1. The number of alkyl carbamates (subject to hydrolysis) is 1. The largest absolute Gasteiger partial charge is 0.497 e. The monoisotopic (exact) mass is 410 g/mol. The van der Waals surface area contributed by atoms with Crippen LogP contribution in [0.1, 0.15) is 35.6 Å². The lowest BCUT2D eigenvalue weighted by Crippen LogP contribution is -2.55. The van der Waals surface area contributed by atoms with Crippen molar-refractivity contribution in [2.75, 3.05) is 20.8 Å². The molecule has 0 bridgehead atoms. The van der Waals surface area contributed by atoms with Gasteiger partial charge >= 0.3 is 6.09 Å². The van der Waals surface area contributed by atoms with Crippen LogP contribution in [0.25, 0.3) is 0 Å². The molecule has 30 heavy (non-hydrogen) atoms. The number of nitrogens with one attached hydrogen (secondary N) is 1. The SMILES string of the molecule is COc1cc2c(c(OC)c1)[C@@H]1CC[C@H](NC(=O)OCc3ccccc3)C(=O)N1CC2. The van der Waals surface area contributed by atoms with E-state index in [1.165, 1.54) is 0 Å². The summed E-state index contributed by atoms with van der Waals surface area (Å²) < 4.78 is 16.2. The van der Waals surface area contributed by atoms with Crippen LogP contribution in [0.2, 0.25) is 0 Å². The molecule has 1 fully saturated rings. The van der Waals surface area contributed by atoms with Crippen LogP contribution in [0, 0.1) is 0 Å². The molecule has 0 unspecified atom stereocenters. The maximum atomic E-state index is 13.1. The van der Waals surface area contributed by atoms with Gasteiger partial charge in [0, 0.05) is 18.2 Å². The summed E-state index contributed by atoms with van der Waals surface area (Å²) in [5.41, 5.74) is 3.09. The van der Waals surface area contributed by atoms with Crippen molar-refractivity contribution in [1.29, 1.82) is 0 Å². The molecular weight excluding hydrogens is 384 g/mol. The van der Waals surface area contributed by atoms with Crippen molar-refractivity contribution in [2.24, 2.45) is 0 Å². The lowest BCUT2D eigenvalue weighted by molar-refractivity contribution is -0.139. The Morgan fingerprint density at radius 3 is 2.67 bits per heavy atom. The van der Waals surface area contributed by atoms with Crippen LogP contribution in [0.4, 0.5) is 4.79 Å². The Labute approximate surface area is 175 Å². The minimum atomic E-state index is -0.574. The van der Waals surface area contributed by atoms with Crippen LogP contribution in [0.3, 0.4) is 0 Å². The summed E-state index contributed by atoms with van der Waals surface area (Å²) in [7, 11) is 3.26. The quantitative estimate of drug-likeness (QED) is 0.819. The van der Waals surface area contributed by atoms with E-state index in [0.717, 1.165) is 41.0 Å². The number of rotatable bonds is 5. The van der Waals surface area contributed by atoms with E-state index in [1.807, 2.05) is 47.4 Å². The maximum Gasteiger partial charge on any atom is 0.408 e. The molecular formula is C23H26N2O5. The summed E-state index contributed by atoms with van der Waals surface area (Å²) in [6.07, 6.45) is 1.44. The van der Waals surface area contributed by atoms with Crippen molar-refractivity contribution in [3.05, 3.63) is 59.2 Å². The summed E-state index contributed by atoms with van der Waals surface area (Å²) in [5, 5.41) is 2.74. The molecule has 2 atom stereocenters. The van der Waals surface area contributed by atoms with Crippen molar-refractivity contribution >= 4 is 12.0 Å². The normalized spacial score (nSPS) is 20.1. The first-order valence-electron chi connectivity index (χ1n) is 10.1. The van der Waals surface area contributed by atoms with Crippen LogP contribution in [0.15, 0.2) is 42.5 Å². The molecule has 7 heteroatoms. The molecule has 1 saturated heterocycles. The smallest absolute Gasteiger partial charge is 0.408 e. The van der Waals surface area contributed by atoms with Gasteiger partial charge in [0.15, 0.2) is 0 Å². The lowest BCUT2D eigenvalue weighted by atomic mass is 9.84. The predicted molar refractivity (Wildman–Crippen MR) is 110 cm³/mol. The Bertz CT molecular complexity index is 913. The molecule has 0 aromatic heterocycles. The lowest BCUT2D eigenvalue weighted by Gasteiger charge is -2.43. The topological polar surface area (TPSA) is 77.1 Å². The van der Waals surface area contributed by atoms with E-state index in [2.05, 4.69) is 5.32 Å². The third kappa shape index (κ3) is 3.92. The summed E-state index contributed by atoms with van der Waals surface area (Å²) >= 11 is 0. The number of carbonyl (C=O) groups excluding carboxylic acids is 2. The van der Waals surface area contributed by atoms with Crippen molar-refractivity contribution in [3.8, 4) is 11.5 Å². The van der Waals surface area contributed by atoms with E-state index >= 15 is 0 Å². The van der Waals surface area contributed by atoms with Crippen molar-refractivity contribution < 1.29 is 23.8 Å². The molecule has 2 aliphatic heterocycles. The van der Waals surface area contributed by atoms with Crippen LogP contribution < -0.4 is 14.8 Å². The van der Waals surface area contributed by atoms with E-state index in [1.54, 1.807) is 14.2 Å². The second kappa shape index (κ2) is 8.65. The van der Waals surface area contributed by atoms with Gasteiger partial charge in [0.05, 0.1) is 20.3 Å². The van der Waals surface area contributed by atoms with Crippen LogP contribution in [-0.2, 0) is 22.6 Å². The Morgan fingerprint density at radius 1 is 1.13 bits per heavy atom. The highest BCUT2D eigenvalue weighted by Gasteiger charge is 2.41. The van der Waals surface area contributed by atoms with Gasteiger partial charge in [-0.15, -0.1) is 0 Å². The Balaban J connectivity index is 1.43. The predicted octanol–water partition coefficient (Wildman–Crippen LogP) is 3.22. The van der Waals surface area contributed by atoms with E-state index in [9.17, 15) is 9.59 Å². The third-order valence-corrected chi connectivity index (χ3v) is 5.80. The van der Waals surface area contributed by atoms with Gasteiger partial charge in [-0.25, -0.2) is 4.79 Å². The second-order valence-electron chi connectivity index (χ2n) is 7.54. The van der Waals surface area contributed by atoms with Gasteiger partial charge in [0.25, 0.3) is 0 Å². The van der Waals surface area contributed by atoms with Crippen LogP contribution >= 0.6 is 0 Å². The number of amides is 2. The van der Waals surface area contributed by atoms with Crippen molar-refractivity contribution in [1.82, 2.24) is 10.2 Å². The fraction of sp³-hybridized carbons (Fsp3) is 0.391. The van der Waals surface area contributed by atoms with Gasteiger partial charge < -0.3 is 24.4 Å². The van der Waals surface area contributed by atoms with E-state index < -0.39 is 12.1 Å². The van der Waals surface area contributed by atoms with Gasteiger partial charge in [0.1, 0.15) is 24.1 Å². The van der Waals surface area contributed by atoms with Gasteiger partial charge in [-0.3, -0.25) is 4.79 Å². The first kappa shape index (κ1) is 20.1. The third-order valence-electron chi connectivity index (χ3n) is 5.80. The fourth-order valence-corrected chi connectivity index (χ4v) is 4.33. The van der Waals surface area contributed by atoms with Crippen LogP contribution in [-0.4, -0.2) is 43.7 Å². The number of methoxy groups -OCH3 is 2. The molecule has 2 heterocycles. The minimum Gasteiger partial charge on any atom is -0.497 e. The Hall–Kier alpha value is -3.22. The first-order chi connectivity index (χ1) is 14.6. The Morgan fingerprint density at radius 2 is 1.93 bits per heavy atom. The Kier molecular flexibility index (Phi) is 5.79. The molecule has 0 saturated carbocycles. The summed E-state index contributed by atoms with van der Waals surface area (Å²) in [4.78, 5) is 27.2. The molecule has 2 amide bonds. The molecule has 1 N–H and O–H groups in total. The maximum absolute atomic E-state index is 13.1. The standard InChI is InChI=1S/C23H26N2O5/c1-28-17-12-16-10-11-25-19(21(16)20(13-17)29-2)9-8-18(22(25)26)24-23(27)30-14-15-6-4-3-5-7-15/h3-7,12-13,18-19H,8-11,14H2,1-2H3,(H,24,27)/t18-,19-/m0/s1. The molecule has 2 aromatic rings. The number of nitrogens with zero attached hydrogens (tertiary/aromatic N) is 1. The highest BCUT2D eigenvalue weighted by Crippen LogP contribution is 2.43. The average Bonchev–Trinajstić information content (AvgIpc) is 2.79. The summed E-state index contributed by atoms with van der Waals surface area (Å²) in [5.74, 6) is 1.41. The molecule has 0 radical (unpaired) electrons. The second-order valence-corrected chi connectivity index (χ2v) is 7.54. The number of hydrogen-bond acceptors (Lipinski definition) is 5. The molecule has 0 aliphatic carbocycles. The summed E-state index contributed by atoms with van der Waals surface area (Å²) in [6.45, 7) is 0.774. The van der Waals surface area contributed by atoms with Crippen LogP contribution in [0.5, 0.6) is 11.5 Å². The van der Waals surface area contributed by atoms with E-state index in [4.69, 9.17) is 14.2 Å². The van der Waals surface area contributed by atoms with Crippen molar-refractivity contribution in [2.45, 2.75) is 38.0 Å². The number of hydrogen-bond donors (Lipinski definition) is 1. The fourth-order valence-electron chi connectivity index (χ4n) is 4.33. The molecule has 2 aliphatic rings. The number of fused-ring (bicyclic) bond motifs is 3. The van der Waals surface area contributed by atoms with Gasteiger partial charge in [0.2, 0.25) is 5.91 Å². The number of benzene rings is 2. The molecule has 0 spiro atoms. The average molecular weight is 410 g/mol. The van der Waals surface area contributed by atoms with Gasteiger partial charge in [-0.2, -0.15) is 0 Å². The molecule has 158 valence electrons. The number of carbonyl (C=O) groups is 2. The highest BCUT2D eigenvalue weighted by atomic mass is 16.5. The van der Waals surface area contributed by atoms with Gasteiger partial charge in [-0.05, 0) is 36.5 Å². The molecule has 2 aromatic carbocycles. The minimum absolute atomic E-state index is 0.0551. The zero-order chi connectivity index (χ0) is 21.1. The van der Waals surface area contributed by atoms with Crippen molar-refractivity contribution in [3.63, 3.8) is 0 Å². The molecule has 7 nitrogen and oxygen atoms in total. The highest BCUT2D eigenvalue weighted by molar-refractivity contribution is 5.87. The number of piperidine rings is 1. The zero-order valence-corrected chi connectivity index (χ0v) is 17.2. The van der Waals surface area contributed by atoms with E-state index in [0.29, 0.717) is 13.0 Å². The number of ether oxygens (including phenoxy) is 3. The van der Waals surface area contributed by atoms with Gasteiger partial charge in [-0.1, -0.05) is 30.3 Å².